The van der Waals surface area contributed by atoms with Crippen LogP contribution in [0, 0.1) is 18.8 Å². The Morgan fingerprint density at radius 2 is 1.62 bits per heavy atom. The first-order valence-electron chi connectivity index (χ1n) is 17.8. The van der Waals surface area contributed by atoms with Gasteiger partial charge >= 0.3 is 17.8 Å². The normalized spacial score (nSPS) is 16.5. The highest BCUT2D eigenvalue weighted by Gasteiger charge is 2.27. The summed E-state index contributed by atoms with van der Waals surface area (Å²) in [6.45, 7) is 9.86. The predicted octanol–water partition coefficient (Wildman–Crippen LogP) is 5.79. The second-order valence-corrected chi connectivity index (χ2v) is 14.4. The number of esters is 1. The van der Waals surface area contributed by atoms with Gasteiger partial charge in [0, 0.05) is 36.3 Å². The van der Waals surface area contributed by atoms with Gasteiger partial charge in [-0.25, -0.2) is 19.4 Å². The lowest BCUT2D eigenvalue weighted by Gasteiger charge is -2.29. The quantitative estimate of drug-likeness (QED) is 0.114. The van der Waals surface area contributed by atoms with Crippen LogP contribution in [0.15, 0.2) is 59.4 Å². The molecule has 276 valence electrons. The third-order valence-corrected chi connectivity index (χ3v) is 9.08. The van der Waals surface area contributed by atoms with E-state index in [0.717, 1.165) is 42.4 Å². The number of ether oxygens (including phenoxy) is 2. The minimum absolute atomic E-state index is 0.167. The van der Waals surface area contributed by atoms with Crippen LogP contribution >= 0.6 is 0 Å². The maximum absolute atomic E-state index is 13.7. The van der Waals surface area contributed by atoms with E-state index in [2.05, 4.69) is 30.9 Å². The number of aromatic nitrogens is 3. The monoisotopic (exact) mass is 712 g/mol. The third-order valence-electron chi connectivity index (χ3n) is 9.08. The van der Waals surface area contributed by atoms with Crippen molar-refractivity contribution in [1.82, 2.24) is 25.6 Å². The average molecular weight is 713 g/mol. The minimum Gasteiger partial charge on any atom is -0.461 e. The lowest BCUT2D eigenvalue weighted by atomic mass is 9.80. The van der Waals surface area contributed by atoms with Crippen molar-refractivity contribution in [3.05, 3.63) is 82.0 Å². The van der Waals surface area contributed by atoms with E-state index < -0.39 is 23.7 Å². The number of amides is 3. The lowest BCUT2D eigenvalue weighted by Crippen LogP contribution is -2.45. The molecule has 1 fully saturated rings. The molecule has 2 aromatic heterocycles. The van der Waals surface area contributed by atoms with Crippen LogP contribution in [-0.4, -0.2) is 63.6 Å². The van der Waals surface area contributed by atoms with Gasteiger partial charge in [-0.2, -0.15) is 0 Å². The molecule has 5 N–H and O–H groups in total. The van der Waals surface area contributed by atoms with Crippen LogP contribution in [0.25, 0.3) is 22.2 Å². The maximum Gasteiger partial charge on any atom is 0.407 e. The number of anilines is 1. The first-order chi connectivity index (χ1) is 24.8. The zero-order chi connectivity index (χ0) is 37.4. The highest BCUT2D eigenvalue weighted by molar-refractivity contribution is 5.98. The van der Waals surface area contributed by atoms with E-state index in [0.29, 0.717) is 41.3 Å². The van der Waals surface area contributed by atoms with Crippen molar-refractivity contribution in [3.63, 3.8) is 0 Å². The van der Waals surface area contributed by atoms with E-state index in [1.165, 1.54) is 0 Å². The van der Waals surface area contributed by atoms with Crippen LogP contribution in [0.2, 0.25) is 0 Å². The Kier molecular flexibility index (Phi) is 12.1. The molecule has 0 aliphatic heterocycles. The fourth-order valence-corrected chi connectivity index (χ4v) is 6.49. The molecule has 1 aliphatic rings. The number of nitrogens with one attached hydrogen (secondary N) is 5. The third kappa shape index (κ3) is 10.5. The zero-order valence-corrected chi connectivity index (χ0v) is 30.4. The van der Waals surface area contributed by atoms with E-state index in [4.69, 9.17) is 9.47 Å². The first-order valence-corrected chi connectivity index (χ1v) is 17.8. The number of aryl methyl sites for hydroxylation is 1. The number of alkyl carbamates (subject to hydrolysis) is 1. The van der Waals surface area contributed by atoms with Crippen LogP contribution in [0.4, 0.5) is 10.5 Å². The minimum atomic E-state index is -0.874. The van der Waals surface area contributed by atoms with E-state index in [1.807, 2.05) is 58.0 Å². The van der Waals surface area contributed by atoms with Gasteiger partial charge in [0.05, 0.1) is 17.6 Å². The fourth-order valence-electron chi connectivity index (χ4n) is 6.49. The molecule has 1 atom stereocenters. The number of benzene rings is 2. The van der Waals surface area contributed by atoms with Crippen LogP contribution in [-0.2, 0) is 25.5 Å². The molecule has 13 heteroatoms. The molecule has 4 aromatic rings. The van der Waals surface area contributed by atoms with Gasteiger partial charge < -0.3 is 35.4 Å². The number of pyridine rings is 1. The van der Waals surface area contributed by atoms with Crippen molar-refractivity contribution in [2.24, 2.45) is 11.8 Å². The number of carbonyl (C=O) groups excluding carboxylic acids is 4. The highest BCUT2D eigenvalue weighted by atomic mass is 16.6. The fraction of sp³-hybridized carbons (Fsp3) is 0.436. The Balaban J connectivity index is 1.23. The summed E-state index contributed by atoms with van der Waals surface area (Å²) < 4.78 is 10.4. The van der Waals surface area contributed by atoms with Crippen molar-refractivity contribution in [2.45, 2.75) is 84.8 Å². The molecule has 1 unspecified atom stereocenters. The molecule has 13 nitrogen and oxygen atoms in total. The highest BCUT2D eigenvalue weighted by Crippen LogP contribution is 2.31. The number of fused-ring (bicyclic) bond motifs is 1. The second-order valence-electron chi connectivity index (χ2n) is 14.4. The molecule has 52 heavy (non-hydrogen) atoms. The lowest BCUT2D eigenvalue weighted by molar-refractivity contribution is -0.127. The number of aromatic amines is 2. The molecule has 2 heterocycles. The molecule has 5 rings (SSSR count). The molecular weight excluding hydrogens is 664 g/mol. The van der Waals surface area contributed by atoms with Crippen molar-refractivity contribution in [3.8, 4) is 11.1 Å². The summed E-state index contributed by atoms with van der Waals surface area (Å²) in [6.07, 6.45) is 3.56. The summed E-state index contributed by atoms with van der Waals surface area (Å²) in [5.74, 6) is -0.584. The number of hydrogen-bond acceptors (Lipinski definition) is 8. The number of imidazole rings is 1. The van der Waals surface area contributed by atoms with Crippen molar-refractivity contribution >= 4 is 40.6 Å². The van der Waals surface area contributed by atoms with Gasteiger partial charge in [0.1, 0.15) is 17.3 Å². The SMILES string of the molecule is CCOC(=O)c1ccc(-c2ccc(CC(NC(=O)CC3CCC(CNC(=O)OC(C)(C)C)CC3)C(=O)Nc3ccc4[nH]c(=O)[nH]c4c3)cc2)c(C)n1. The van der Waals surface area contributed by atoms with Gasteiger partial charge in [0.2, 0.25) is 11.8 Å². The number of rotatable bonds is 12. The Labute approximate surface area is 302 Å². The van der Waals surface area contributed by atoms with Gasteiger partial charge in [0.25, 0.3) is 0 Å². The van der Waals surface area contributed by atoms with Gasteiger partial charge in [-0.05, 0) is 108 Å². The number of H-pyrrole nitrogens is 2. The largest absolute Gasteiger partial charge is 0.461 e. The summed E-state index contributed by atoms with van der Waals surface area (Å²) in [6, 6.07) is 15.3. The molecule has 2 aromatic carbocycles. The average Bonchev–Trinajstić information content (AvgIpc) is 3.46. The van der Waals surface area contributed by atoms with E-state index >= 15 is 0 Å². The van der Waals surface area contributed by atoms with Crippen LogP contribution in [0.5, 0.6) is 0 Å². The van der Waals surface area contributed by atoms with Gasteiger partial charge in [0.15, 0.2) is 0 Å². The molecule has 1 aliphatic carbocycles. The van der Waals surface area contributed by atoms with Gasteiger partial charge in [-0.3, -0.25) is 9.59 Å². The van der Waals surface area contributed by atoms with Crippen LogP contribution < -0.4 is 21.6 Å². The Morgan fingerprint density at radius 1 is 0.923 bits per heavy atom. The number of carbonyl (C=O) groups is 4. The standard InChI is InChI=1S/C39H48N6O7/c1-6-51-36(48)31-18-16-29(23(2)41-31)27-13-11-24(12-14-27)19-33(35(47)42-28-15-17-30-32(21-28)45-37(49)44-30)43-34(46)20-25-7-9-26(10-8-25)22-40-38(50)52-39(3,4)5/h11-18,21,25-26,33H,6-10,19-20,22H2,1-5H3,(H,40,50)(H,42,47)(H,43,46)(H2,44,45,49). The van der Waals surface area contributed by atoms with E-state index in [1.54, 1.807) is 31.2 Å². The summed E-state index contributed by atoms with van der Waals surface area (Å²) in [7, 11) is 0. The number of nitrogens with zero attached hydrogens (tertiary/aromatic N) is 1. The topological polar surface area (TPSA) is 184 Å². The van der Waals surface area contributed by atoms with Crippen LogP contribution in [0.1, 0.15) is 81.5 Å². The van der Waals surface area contributed by atoms with Crippen LogP contribution in [0.3, 0.4) is 0 Å². The second kappa shape index (κ2) is 16.7. The summed E-state index contributed by atoms with van der Waals surface area (Å²) in [4.78, 5) is 72.9. The van der Waals surface area contributed by atoms with Crippen molar-refractivity contribution < 1.29 is 28.7 Å². The molecule has 0 bridgehead atoms. The van der Waals surface area contributed by atoms with E-state index in [9.17, 15) is 24.0 Å². The Bertz CT molecular complexity index is 1950. The zero-order valence-electron chi connectivity index (χ0n) is 30.4. The molecule has 0 saturated heterocycles. The van der Waals surface area contributed by atoms with Crippen molar-refractivity contribution in [1.29, 1.82) is 0 Å². The molecule has 0 spiro atoms. The Hall–Kier alpha value is -5.46. The number of hydrogen-bond donors (Lipinski definition) is 5. The summed E-state index contributed by atoms with van der Waals surface area (Å²) in [5.41, 5.74) is 4.25. The van der Waals surface area contributed by atoms with E-state index in [-0.39, 0.29) is 42.1 Å². The Morgan fingerprint density at radius 3 is 2.29 bits per heavy atom. The molecule has 1 saturated carbocycles. The summed E-state index contributed by atoms with van der Waals surface area (Å²) >= 11 is 0. The maximum atomic E-state index is 13.7. The first kappa shape index (κ1) is 37.8. The summed E-state index contributed by atoms with van der Waals surface area (Å²) in [5, 5.41) is 8.75. The molecule has 0 radical (unpaired) electrons. The van der Waals surface area contributed by atoms with Gasteiger partial charge in [-0.15, -0.1) is 0 Å². The predicted molar refractivity (Wildman–Crippen MR) is 198 cm³/mol. The molecular formula is C39H48N6O7. The smallest absolute Gasteiger partial charge is 0.407 e. The molecule has 3 amide bonds. The van der Waals surface area contributed by atoms with Crippen molar-refractivity contribution in [2.75, 3.05) is 18.5 Å². The van der Waals surface area contributed by atoms with Gasteiger partial charge in [-0.1, -0.05) is 30.3 Å².